The Morgan fingerprint density at radius 2 is 1.73 bits per heavy atom. The van der Waals surface area contributed by atoms with Gasteiger partial charge in [0, 0.05) is 13.7 Å². The summed E-state index contributed by atoms with van der Waals surface area (Å²) in [4.78, 5) is 23.9. The van der Waals surface area contributed by atoms with Gasteiger partial charge in [-0.15, -0.1) is 0 Å². The molecule has 26 heavy (non-hydrogen) atoms. The molecule has 0 radical (unpaired) electrons. The van der Waals surface area contributed by atoms with E-state index in [9.17, 15) is 9.59 Å². The molecule has 0 aliphatic rings. The van der Waals surface area contributed by atoms with Crippen LogP contribution in [0.1, 0.15) is 22.8 Å². The Morgan fingerprint density at radius 3 is 2.38 bits per heavy atom. The minimum atomic E-state index is -0.881. The summed E-state index contributed by atoms with van der Waals surface area (Å²) in [5, 5.41) is 2.62. The molecule has 0 fully saturated rings. The fraction of sp³-hybridized carbons (Fsp3) is 0.300. The van der Waals surface area contributed by atoms with E-state index in [4.69, 9.17) is 14.2 Å². The second kappa shape index (κ2) is 10.2. The molecule has 0 bridgehead atoms. The van der Waals surface area contributed by atoms with E-state index in [0.29, 0.717) is 31.1 Å². The summed E-state index contributed by atoms with van der Waals surface area (Å²) in [5.74, 6) is -0.275. The summed E-state index contributed by atoms with van der Waals surface area (Å²) in [6.07, 6.45) is -0.881. The van der Waals surface area contributed by atoms with Crippen LogP contribution in [0, 0.1) is 0 Å². The number of rotatable bonds is 9. The molecule has 2 aromatic carbocycles. The molecular weight excluding hydrogens is 334 g/mol. The summed E-state index contributed by atoms with van der Waals surface area (Å²) in [7, 11) is 1.54. The maximum Gasteiger partial charge on any atom is 0.338 e. The van der Waals surface area contributed by atoms with Crippen LogP contribution in [0.2, 0.25) is 0 Å². The fourth-order valence-electron chi connectivity index (χ4n) is 2.13. The van der Waals surface area contributed by atoms with E-state index in [1.807, 2.05) is 30.3 Å². The van der Waals surface area contributed by atoms with Crippen molar-refractivity contribution in [3.63, 3.8) is 0 Å². The SMILES string of the molecule is COCCNC(=O)[C@@H](C)OC(=O)c1ccc(OCc2ccccc2)cc1. The third-order valence-corrected chi connectivity index (χ3v) is 3.60. The number of hydrogen-bond donors (Lipinski definition) is 1. The molecule has 138 valence electrons. The molecule has 0 spiro atoms. The van der Waals surface area contributed by atoms with Gasteiger partial charge in [0.2, 0.25) is 0 Å². The molecule has 6 heteroatoms. The first-order chi connectivity index (χ1) is 12.6. The van der Waals surface area contributed by atoms with Gasteiger partial charge in [-0.25, -0.2) is 4.79 Å². The second-order valence-electron chi connectivity index (χ2n) is 5.63. The van der Waals surface area contributed by atoms with Gasteiger partial charge in [0.1, 0.15) is 12.4 Å². The van der Waals surface area contributed by atoms with Gasteiger partial charge in [-0.3, -0.25) is 4.79 Å². The van der Waals surface area contributed by atoms with Crippen molar-refractivity contribution in [3.8, 4) is 5.75 Å². The third kappa shape index (κ3) is 6.22. The summed E-state index contributed by atoms with van der Waals surface area (Å²) < 4.78 is 15.7. The number of benzene rings is 2. The molecule has 0 aliphatic carbocycles. The summed E-state index contributed by atoms with van der Waals surface area (Å²) in [6, 6.07) is 16.4. The number of amides is 1. The maximum atomic E-state index is 12.1. The molecule has 0 saturated carbocycles. The monoisotopic (exact) mass is 357 g/mol. The summed E-state index contributed by atoms with van der Waals surface area (Å²) in [6.45, 7) is 2.74. The molecule has 0 heterocycles. The van der Waals surface area contributed by atoms with E-state index in [1.54, 1.807) is 31.4 Å². The van der Waals surface area contributed by atoms with Crippen molar-refractivity contribution in [1.82, 2.24) is 5.32 Å². The Balaban J connectivity index is 1.83. The molecule has 1 N–H and O–H groups in total. The predicted molar refractivity (Wildman–Crippen MR) is 97.0 cm³/mol. The smallest absolute Gasteiger partial charge is 0.338 e. The molecule has 1 amide bonds. The number of nitrogens with one attached hydrogen (secondary N) is 1. The van der Waals surface area contributed by atoms with Crippen LogP contribution >= 0.6 is 0 Å². The number of hydrogen-bond acceptors (Lipinski definition) is 5. The van der Waals surface area contributed by atoms with Gasteiger partial charge < -0.3 is 19.5 Å². The van der Waals surface area contributed by atoms with Gasteiger partial charge >= 0.3 is 5.97 Å². The minimum Gasteiger partial charge on any atom is -0.489 e. The van der Waals surface area contributed by atoms with Crippen LogP contribution in [-0.2, 0) is 20.9 Å². The van der Waals surface area contributed by atoms with E-state index in [-0.39, 0.29) is 5.91 Å². The van der Waals surface area contributed by atoms with Crippen LogP contribution in [0.25, 0.3) is 0 Å². The topological polar surface area (TPSA) is 73.9 Å². The van der Waals surface area contributed by atoms with E-state index in [1.165, 1.54) is 6.92 Å². The van der Waals surface area contributed by atoms with Gasteiger partial charge in [-0.05, 0) is 36.8 Å². The Morgan fingerprint density at radius 1 is 1.04 bits per heavy atom. The van der Waals surface area contributed by atoms with E-state index < -0.39 is 12.1 Å². The van der Waals surface area contributed by atoms with Crippen molar-refractivity contribution >= 4 is 11.9 Å². The van der Waals surface area contributed by atoms with Crippen molar-refractivity contribution in [3.05, 3.63) is 65.7 Å². The first-order valence-electron chi connectivity index (χ1n) is 8.34. The van der Waals surface area contributed by atoms with E-state index in [0.717, 1.165) is 5.56 Å². The van der Waals surface area contributed by atoms with E-state index in [2.05, 4.69) is 5.32 Å². The largest absolute Gasteiger partial charge is 0.489 e. The molecule has 0 aliphatic heterocycles. The molecule has 6 nitrogen and oxygen atoms in total. The second-order valence-corrected chi connectivity index (χ2v) is 5.63. The average molecular weight is 357 g/mol. The Bertz CT molecular complexity index is 700. The van der Waals surface area contributed by atoms with Gasteiger partial charge in [0.25, 0.3) is 5.91 Å². The van der Waals surface area contributed by atoms with Crippen molar-refractivity contribution in [2.24, 2.45) is 0 Å². The van der Waals surface area contributed by atoms with Crippen LogP contribution < -0.4 is 10.1 Å². The Hall–Kier alpha value is -2.86. The minimum absolute atomic E-state index is 0.355. The quantitative estimate of drug-likeness (QED) is 0.551. The lowest BCUT2D eigenvalue weighted by Gasteiger charge is -2.13. The third-order valence-electron chi connectivity index (χ3n) is 3.60. The normalized spacial score (nSPS) is 11.5. The van der Waals surface area contributed by atoms with Gasteiger partial charge in [0.15, 0.2) is 6.10 Å². The highest BCUT2D eigenvalue weighted by Crippen LogP contribution is 2.15. The first kappa shape index (κ1) is 19.5. The predicted octanol–water partition coefficient (Wildman–Crippen LogP) is 2.57. The Kier molecular flexibility index (Phi) is 7.64. The van der Waals surface area contributed by atoms with Gasteiger partial charge in [-0.2, -0.15) is 0 Å². The van der Waals surface area contributed by atoms with Crippen LogP contribution in [0.5, 0.6) is 5.75 Å². The molecule has 2 aromatic rings. The zero-order valence-electron chi connectivity index (χ0n) is 14.9. The Labute approximate surface area is 153 Å². The highest BCUT2D eigenvalue weighted by Gasteiger charge is 2.18. The van der Waals surface area contributed by atoms with Crippen LogP contribution in [-0.4, -0.2) is 38.2 Å². The van der Waals surface area contributed by atoms with Crippen LogP contribution in [0.3, 0.4) is 0 Å². The van der Waals surface area contributed by atoms with Crippen molar-refractivity contribution in [2.45, 2.75) is 19.6 Å². The highest BCUT2D eigenvalue weighted by molar-refractivity contribution is 5.92. The summed E-state index contributed by atoms with van der Waals surface area (Å²) >= 11 is 0. The van der Waals surface area contributed by atoms with Crippen molar-refractivity contribution in [1.29, 1.82) is 0 Å². The lowest BCUT2D eigenvalue weighted by Crippen LogP contribution is -2.37. The molecule has 1 atom stereocenters. The fourth-order valence-corrected chi connectivity index (χ4v) is 2.13. The highest BCUT2D eigenvalue weighted by atomic mass is 16.5. The van der Waals surface area contributed by atoms with Gasteiger partial charge in [-0.1, -0.05) is 30.3 Å². The molecule has 2 rings (SSSR count). The lowest BCUT2D eigenvalue weighted by atomic mass is 10.2. The number of ether oxygens (including phenoxy) is 3. The number of methoxy groups -OCH3 is 1. The van der Waals surface area contributed by atoms with Crippen molar-refractivity contribution in [2.75, 3.05) is 20.3 Å². The van der Waals surface area contributed by atoms with Gasteiger partial charge in [0.05, 0.1) is 12.2 Å². The number of carbonyl (C=O) groups is 2. The number of esters is 1. The molecular formula is C20H23NO5. The van der Waals surface area contributed by atoms with E-state index >= 15 is 0 Å². The molecule has 0 saturated heterocycles. The zero-order valence-corrected chi connectivity index (χ0v) is 14.9. The summed E-state index contributed by atoms with van der Waals surface area (Å²) in [5.41, 5.74) is 1.41. The van der Waals surface area contributed by atoms with Crippen LogP contribution in [0.15, 0.2) is 54.6 Å². The standard InChI is InChI=1S/C20H23NO5/c1-15(19(22)21-12-13-24-2)26-20(23)17-8-10-18(11-9-17)25-14-16-6-4-3-5-7-16/h3-11,15H,12-14H2,1-2H3,(H,21,22)/t15-/m1/s1. The van der Waals surface area contributed by atoms with Crippen molar-refractivity contribution < 1.29 is 23.8 Å². The zero-order chi connectivity index (χ0) is 18.8. The number of carbonyl (C=O) groups excluding carboxylic acids is 2. The first-order valence-corrected chi connectivity index (χ1v) is 8.34. The molecule has 0 unspecified atom stereocenters. The maximum absolute atomic E-state index is 12.1. The van der Waals surface area contributed by atoms with Crippen LogP contribution in [0.4, 0.5) is 0 Å². The average Bonchev–Trinajstić information content (AvgIpc) is 2.67. The lowest BCUT2D eigenvalue weighted by molar-refractivity contribution is -0.129. The molecule has 0 aromatic heterocycles.